The summed E-state index contributed by atoms with van der Waals surface area (Å²) in [6.45, 7) is 2.71. The first-order chi connectivity index (χ1) is 11.3. The quantitative estimate of drug-likeness (QED) is 0.877. The van der Waals surface area contributed by atoms with Gasteiger partial charge in [0.1, 0.15) is 12.4 Å². The second kappa shape index (κ2) is 6.15. The van der Waals surface area contributed by atoms with E-state index in [2.05, 4.69) is 35.2 Å². The molecule has 3 nitrogen and oxygen atoms in total. The van der Waals surface area contributed by atoms with Gasteiger partial charge in [-0.15, -0.1) is 0 Å². The minimum atomic E-state index is 0.715. The van der Waals surface area contributed by atoms with Gasteiger partial charge in [0, 0.05) is 17.9 Å². The van der Waals surface area contributed by atoms with Crippen molar-refractivity contribution in [2.45, 2.75) is 32.1 Å². The molecule has 0 saturated heterocycles. The van der Waals surface area contributed by atoms with Crippen LogP contribution in [0.5, 0.6) is 5.75 Å². The number of aryl methyl sites for hydroxylation is 3. The number of ether oxygens (including phenoxy) is 1. The number of hydrogen-bond acceptors (Lipinski definition) is 3. The molecule has 23 heavy (non-hydrogen) atoms. The molecule has 2 aliphatic rings. The molecule has 1 heterocycles. The van der Waals surface area contributed by atoms with E-state index < -0.39 is 0 Å². The maximum absolute atomic E-state index is 6.01. The lowest BCUT2D eigenvalue weighted by atomic mass is 10.0. The molecule has 0 atom stereocenters. The molecule has 0 radical (unpaired) electrons. The molecular weight excluding hydrogens is 284 g/mol. The van der Waals surface area contributed by atoms with E-state index >= 15 is 0 Å². The van der Waals surface area contributed by atoms with Crippen molar-refractivity contribution in [3.8, 4) is 5.75 Å². The number of nitrogens with zero attached hydrogens (tertiary/aromatic N) is 1. The summed E-state index contributed by atoms with van der Waals surface area (Å²) in [4.78, 5) is 2.41. The van der Waals surface area contributed by atoms with Crippen molar-refractivity contribution in [3.05, 3.63) is 53.1 Å². The molecule has 0 spiro atoms. The number of rotatable bonds is 4. The van der Waals surface area contributed by atoms with Crippen LogP contribution in [0.1, 0.15) is 29.5 Å². The van der Waals surface area contributed by atoms with Crippen LogP contribution in [0.3, 0.4) is 0 Å². The monoisotopic (exact) mass is 308 g/mol. The fourth-order valence-corrected chi connectivity index (χ4v) is 3.81. The van der Waals surface area contributed by atoms with Gasteiger partial charge in [-0.05, 0) is 73.1 Å². The average molecular weight is 308 g/mol. The zero-order chi connectivity index (χ0) is 15.6. The summed E-state index contributed by atoms with van der Waals surface area (Å²) in [7, 11) is 0. The molecule has 0 aromatic heterocycles. The third-order valence-corrected chi connectivity index (χ3v) is 5.02. The predicted molar refractivity (Wildman–Crippen MR) is 95.4 cm³/mol. The van der Waals surface area contributed by atoms with Crippen LogP contribution in [0.2, 0.25) is 0 Å². The lowest BCUT2D eigenvalue weighted by Crippen LogP contribution is -2.33. The van der Waals surface area contributed by atoms with Crippen molar-refractivity contribution in [2.24, 2.45) is 0 Å². The standard InChI is InChI=1S/C20H24N2O/c21-18-8-6-16-5-2-10-22(20(16)14-18)11-12-23-19-9-7-15-3-1-4-17(15)13-19/h6-9,13-14H,1-5,10-12,21H2. The summed E-state index contributed by atoms with van der Waals surface area (Å²) < 4.78 is 6.01. The predicted octanol–water partition coefficient (Wildman–Crippen LogP) is 3.59. The molecule has 1 aliphatic carbocycles. The van der Waals surface area contributed by atoms with Crippen molar-refractivity contribution in [2.75, 3.05) is 30.3 Å². The number of anilines is 2. The lowest BCUT2D eigenvalue weighted by Gasteiger charge is -2.31. The Morgan fingerprint density at radius 2 is 1.74 bits per heavy atom. The van der Waals surface area contributed by atoms with E-state index in [9.17, 15) is 0 Å². The molecular formula is C20H24N2O. The Morgan fingerprint density at radius 3 is 2.70 bits per heavy atom. The molecule has 2 N–H and O–H groups in total. The van der Waals surface area contributed by atoms with Crippen molar-refractivity contribution in [1.82, 2.24) is 0 Å². The largest absolute Gasteiger partial charge is 0.492 e. The summed E-state index contributed by atoms with van der Waals surface area (Å²) in [5.41, 5.74) is 12.5. The highest BCUT2D eigenvalue weighted by molar-refractivity contribution is 5.62. The molecule has 0 amide bonds. The molecule has 120 valence electrons. The van der Waals surface area contributed by atoms with Gasteiger partial charge in [-0.25, -0.2) is 0 Å². The van der Waals surface area contributed by atoms with Gasteiger partial charge in [0.2, 0.25) is 0 Å². The van der Waals surface area contributed by atoms with Gasteiger partial charge in [0.15, 0.2) is 0 Å². The Hall–Kier alpha value is -2.16. The first-order valence-corrected chi connectivity index (χ1v) is 8.67. The Balaban J connectivity index is 1.40. The molecule has 2 aromatic rings. The van der Waals surface area contributed by atoms with Crippen molar-refractivity contribution < 1.29 is 4.74 Å². The summed E-state index contributed by atoms with van der Waals surface area (Å²) in [5, 5.41) is 0. The van der Waals surface area contributed by atoms with E-state index in [1.54, 1.807) is 0 Å². The molecule has 0 bridgehead atoms. The maximum Gasteiger partial charge on any atom is 0.119 e. The second-order valence-corrected chi connectivity index (χ2v) is 6.61. The molecule has 0 fully saturated rings. The topological polar surface area (TPSA) is 38.5 Å². The zero-order valence-corrected chi connectivity index (χ0v) is 13.6. The highest BCUT2D eigenvalue weighted by Crippen LogP contribution is 2.29. The van der Waals surface area contributed by atoms with Gasteiger partial charge < -0.3 is 15.4 Å². The zero-order valence-electron chi connectivity index (χ0n) is 13.6. The van der Waals surface area contributed by atoms with E-state index in [0.29, 0.717) is 6.61 Å². The number of benzene rings is 2. The Kier molecular flexibility index (Phi) is 3.86. The second-order valence-electron chi connectivity index (χ2n) is 6.61. The van der Waals surface area contributed by atoms with Gasteiger partial charge in [0.25, 0.3) is 0 Å². The summed E-state index contributed by atoms with van der Waals surface area (Å²) in [6, 6.07) is 12.8. The number of fused-ring (bicyclic) bond motifs is 2. The highest BCUT2D eigenvalue weighted by atomic mass is 16.5. The first-order valence-electron chi connectivity index (χ1n) is 8.67. The molecule has 0 saturated carbocycles. The van der Waals surface area contributed by atoms with Gasteiger partial charge in [-0.2, -0.15) is 0 Å². The number of nitrogens with two attached hydrogens (primary N) is 1. The van der Waals surface area contributed by atoms with E-state index in [1.807, 2.05) is 6.07 Å². The normalized spacial score (nSPS) is 16.1. The molecule has 1 aliphatic heterocycles. The Bertz CT molecular complexity index is 711. The number of nitrogen functional groups attached to an aromatic ring is 1. The van der Waals surface area contributed by atoms with Crippen LogP contribution in [0, 0.1) is 0 Å². The summed E-state index contributed by atoms with van der Waals surface area (Å²) in [6.07, 6.45) is 6.06. The van der Waals surface area contributed by atoms with Crippen LogP contribution in [0.25, 0.3) is 0 Å². The van der Waals surface area contributed by atoms with E-state index in [0.717, 1.165) is 30.9 Å². The third-order valence-electron chi connectivity index (χ3n) is 5.02. The van der Waals surface area contributed by atoms with E-state index in [4.69, 9.17) is 10.5 Å². The SMILES string of the molecule is Nc1ccc2c(c1)N(CCOc1ccc3c(c1)CCC3)CCC2. The Labute approximate surface area is 138 Å². The van der Waals surface area contributed by atoms with Crippen molar-refractivity contribution >= 4 is 11.4 Å². The fourth-order valence-electron chi connectivity index (χ4n) is 3.81. The van der Waals surface area contributed by atoms with Gasteiger partial charge in [0.05, 0.1) is 6.54 Å². The average Bonchev–Trinajstić information content (AvgIpc) is 3.03. The highest BCUT2D eigenvalue weighted by Gasteiger charge is 2.17. The van der Waals surface area contributed by atoms with Gasteiger partial charge in [-0.1, -0.05) is 12.1 Å². The minimum Gasteiger partial charge on any atom is -0.492 e. The van der Waals surface area contributed by atoms with Crippen LogP contribution in [0.4, 0.5) is 11.4 Å². The molecule has 3 heteroatoms. The summed E-state index contributed by atoms with van der Waals surface area (Å²) in [5.74, 6) is 1.01. The van der Waals surface area contributed by atoms with Gasteiger partial charge in [-0.3, -0.25) is 0 Å². The van der Waals surface area contributed by atoms with E-state index in [1.165, 1.54) is 48.1 Å². The first kappa shape index (κ1) is 14.4. The fraction of sp³-hybridized carbons (Fsp3) is 0.400. The van der Waals surface area contributed by atoms with Gasteiger partial charge >= 0.3 is 0 Å². The van der Waals surface area contributed by atoms with Crippen LogP contribution < -0.4 is 15.4 Å². The van der Waals surface area contributed by atoms with E-state index in [-0.39, 0.29) is 0 Å². The Morgan fingerprint density at radius 1 is 0.913 bits per heavy atom. The molecule has 0 unspecified atom stereocenters. The third kappa shape index (κ3) is 3.00. The van der Waals surface area contributed by atoms with Crippen molar-refractivity contribution in [1.29, 1.82) is 0 Å². The van der Waals surface area contributed by atoms with Crippen molar-refractivity contribution in [3.63, 3.8) is 0 Å². The van der Waals surface area contributed by atoms with Crippen LogP contribution >= 0.6 is 0 Å². The molecule has 2 aromatic carbocycles. The van der Waals surface area contributed by atoms with Crippen LogP contribution in [0.15, 0.2) is 36.4 Å². The van der Waals surface area contributed by atoms with Crippen LogP contribution in [-0.4, -0.2) is 19.7 Å². The summed E-state index contributed by atoms with van der Waals surface area (Å²) >= 11 is 0. The number of hydrogen-bond donors (Lipinski definition) is 1. The molecule has 4 rings (SSSR count). The maximum atomic E-state index is 6.01. The minimum absolute atomic E-state index is 0.715. The lowest BCUT2D eigenvalue weighted by molar-refractivity contribution is 0.322. The smallest absolute Gasteiger partial charge is 0.119 e. The van der Waals surface area contributed by atoms with Crippen LogP contribution in [-0.2, 0) is 19.3 Å².